The molecule has 2 rings (SSSR count). The Kier molecular flexibility index (Phi) is 6.13. The zero-order valence-electron chi connectivity index (χ0n) is 13.0. The van der Waals surface area contributed by atoms with Crippen LogP contribution in [-0.4, -0.2) is 31.5 Å². The first kappa shape index (κ1) is 17.4. The number of hydrogen-bond acceptors (Lipinski definition) is 3. The van der Waals surface area contributed by atoms with Crippen molar-refractivity contribution in [2.45, 2.75) is 6.54 Å². The molecule has 122 valence electrons. The highest BCUT2D eigenvalue weighted by Crippen LogP contribution is 2.24. The lowest BCUT2D eigenvalue weighted by molar-refractivity contribution is -0.128. The van der Waals surface area contributed by atoms with Crippen LogP contribution in [0.15, 0.2) is 42.5 Å². The SMILES string of the molecule is COc1ccc(Cl)cc1CN(C)C(=O)CNc1ccccc1Cl. The number of ether oxygens (including phenoxy) is 1. The van der Waals surface area contributed by atoms with Crippen LogP contribution in [0.1, 0.15) is 5.56 Å². The molecule has 0 aliphatic heterocycles. The Morgan fingerprint density at radius 1 is 1.22 bits per heavy atom. The molecule has 0 radical (unpaired) electrons. The van der Waals surface area contributed by atoms with E-state index in [1.165, 1.54) is 0 Å². The fourth-order valence-corrected chi connectivity index (χ4v) is 2.52. The Labute approximate surface area is 146 Å². The van der Waals surface area contributed by atoms with Crippen LogP contribution in [0.2, 0.25) is 10.0 Å². The summed E-state index contributed by atoms with van der Waals surface area (Å²) < 4.78 is 5.30. The number of carbonyl (C=O) groups excluding carboxylic acids is 1. The van der Waals surface area contributed by atoms with E-state index in [-0.39, 0.29) is 12.5 Å². The number of para-hydroxylation sites is 1. The van der Waals surface area contributed by atoms with Gasteiger partial charge in [-0.15, -0.1) is 0 Å². The van der Waals surface area contributed by atoms with E-state index in [9.17, 15) is 4.79 Å². The van der Waals surface area contributed by atoms with Crippen molar-refractivity contribution in [3.63, 3.8) is 0 Å². The van der Waals surface area contributed by atoms with E-state index in [0.29, 0.717) is 22.3 Å². The number of nitrogens with zero attached hydrogens (tertiary/aromatic N) is 1. The van der Waals surface area contributed by atoms with E-state index in [0.717, 1.165) is 11.3 Å². The van der Waals surface area contributed by atoms with Gasteiger partial charge in [0.1, 0.15) is 5.75 Å². The first-order chi connectivity index (χ1) is 11.0. The van der Waals surface area contributed by atoms with Crippen LogP contribution in [-0.2, 0) is 11.3 Å². The fraction of sp³-hybridized carbons (Fsp3) is 0.235. The predicted molar refractivity (Wildman–Crippen MR) is 94.4 cm³/mol. The third-order valence-corrected chi connectivity index (χ3v) is 3.94. The van der Waals surface area contributed by atoms with E-state index in [1.807, 2.05) is 18.2 Å². The molecule has 0 unspecified atom stereocenters. The lowest BCUT2D eigenvalue weighted by Crippen LogP contribution is -2.31. The molecule has 0 fully saturated rings. The molecule has 0 saturated carbocycles. The van der Waals surface area contributed by atoms with Crippen LogP contribution in [0.25, 0.3) is 0 Å². The van der Waals surface area contributed by atoms with Crippen LogP contribution in [0.3, 0.4) is 0 Å². The molecule has 1 N–H and O–H groups in total. The summed E-state index contributed by atoms with van der Waals surface area (Å²) >= 11 is 12.1. The Hall–Kier alpha value is -1.91. The van der Waals surface area contributed by atoms with Crippen molar-refractivity contribution in [3.05, 3.63) is 58.1 Å². The largest absolute Gasteiger partial charge is 0.496 e. The third kappa shape index (κ3) is 4.78. The van der Waals surface area contributed by atoms with Crippen molar-refractivity contribution in [1.29, 1.82) is 0 Å². The van der Waals surface area contributed by atoms with Gasteiger partial charge in [-0.05, 0) is 30.3 Å². The number of halogens is 2. The Morgan fingerprint density at radius 2 is 1.96 bits per heavy atom. The second kappa shape index (κ2) is 8.09. The summed E-state index contributed by atoms with van der Waals surface area (Å²) in [4.78, 5) is 13.9. The predicted octanol–water partition coefficient (Wildman–Crippen LogP) is 4.07. The second-order valence-corrected chi connectivity index (χ2v) is 5.88. The molecule has 0 aliphatic rings. The molecule has 0 bridgehead atoms. The highest BCUT2D eigenvalue weighted by atomic mass is 35.5. The standard InChI is InChI=1S/C17H18Cl2N2O2/c1-21(11-12-9-13(18)7-8-16(12)23-2)17(22)10-20-15-6-4-3-5-14(15)19/h3-9,20H,10-11H2,1-2H3. The Balaban J connectivity index is 1.98. The van der Waals surface area contributed by atoms with Gasteiger partial charge in [0.15, 0.2) is 0 Å². The van der Waals surface area contributed by atoms with Gasteiger partial charge in [-0.25, -0.2) is 0 Å². The minimum atomic E-state index is -0.0630. The molecule has 1 amide bonds. The van der Waals surface area contributed by atoms with Gasteiger partial charge in [-0.2, -0.15) is 0 Å². The molecular weight excluding hydrogens is 335 g/mol. The number of amides is 1. The van der Waals surface area contributed by atoms with Crippen molar-refractivity contribution >= 4 is 34.8 Å². The molecule has 0 spiro atoms. The van der Waals surface area contributed by atoms with Crippen LogP contribution in [0.5, 0.6) is 5.75 Å². The maximum absolute atomic E-state index is 12.3. The topological polar surface area (TPSA) is 41.6 Å². The second-order valence-electron chi connectivity index (χ2n) is 5.04. The Morgan fingerprint density at radius 3 is 2.65 bits per heavy atom. The number of methoxy groups -OCH3 is 1. The zero-order valence-corrected chi connectivity index (χ0v) is 14.5. The number of nitrogens with one attached hydrogen (secondary N) is 1. The summed E-state index contributed by atoms with van der Waals surface area (Å²) in [5.41, 5.74) is 1.59. The molecule has 0 heterocycles. The summed E-state index contributed by atoms with van der Waals surface area (Å²) in [5, 5.41) is 4.23. The minimum absolute atomic E-state index is 0.0630. The fourth-order valence-electron chi connectivity index (χ4n) is 2.12. The smallest absolute Gasteiger partial charge is 0.241 e. The van der Waals surface area contributed by atoms with Crippen LogP contribution in [0.4, 0.5) is 5.69 Å². The quantitative estimate of drug-likeness (QED) is 0.851. The molecule has 0 saturated heterocycles. The monoisotopic (exact) mass is 352 g/mol. The lowest BCUT2D eigenvalue weighted by Gasteiger charge is -2.20. The first-order valence-electron chi connectivity index (χ1n) is 7.06. The van der Waals surface area contributed by atoms with Gasteiger partial charge in [0.25, 0.3) is 0 Å². The van der Waals surface area contributed by atoms with E-state index >= 15 is 0 Å². The zero-order chi connectivity index (χ0) is 16.8. The van der Waals surface area contributed by atoms with Gasteiger partial charge in [0.2, 0.25) is 5.91 Å². The third-order valence-electron chi connectivity index (χ3n) is 3.38. The van der Waals surface area contributed by atoms with Crippen molar-refractivity contribution in [3.8, 4) is 5.75 Å². The van der Waals surface area contributed by atoms with Crippen LogP contribution >= 0.6 is 23.2 Å². The van der Waals surface area contributed by atoms with Crippen molar-refractivity contribution in [2.75, 3.05) is 26.0 Å². The van der Waals surface area contributed by atoms with E-state index in [4.69, 9.17) is 27.9 Å². The van der Waals surface area contributed by atoms with Crippen molar-refractivity contribution in [2.24, 2.45) is 0 Å². The van der Waals surface area contributed by atoms with Gasteiger partial charge in [-0.3, -0.25) is 4.79 Å². The number of hydrogen-bond donors (Lipinski definition) is 1. The summed E-state index contributed by atoms with van der Waals surface area (Å²) in [6.45, 7) is 0.565. The molecule has 0 atom stereocenters. The van der Waals surface area contributed by atoms with Crippen molar-refractivity contribution < 1.29 is 9.53 Å². The molecular formula is C17H18Cl2N2O2. The normalized spacial score (nSPS) is 10.3. The van der Waals surface area contributed by atoms with E-state index < -0.39 is 0 Å². The van der Waals surface area contributed by atoms with Crippen LogP contribution in [0, 0.1) is 0 Å². The minimum Gasteiger partial charge on any atom is -0.496 e. The van der Waals surface area contributed by atoms with E-state index in [1.54, 1.807) is 43.3 Å². The maximum atomic E-state index is 12.3. The highest BCUT2D eigenvalue weighted by molar-refractivity contribution is 6.33. The van der Waals surface area contributed by atoms with Crippen molar-refractivity contribution in [1.82, 2.24) is 4.90 Å². The van der Waals surface area contributed by atoms with E-state index in [2.05, 4.69) is 5.32 Å². The van der Waals surface area contributed by atoms with Gasteiger partial charge in [0.05, 0.1) is 24.4 Å². The number of carbonyl (C=O) groups is 1. The number of likely N-dealkylation sites (N-methyl/N-ethyl adjacent to an activating group) is 1. The molecule has 2 aromatic rings. The molecule has 6 heteroatoms. The number of anilines is 1. The van der Waals surface area contributed by atoms with Gasteiger partial charge < -0.3 is 15.0 Å². The summed E-state index contributed by atoms with van der Waals surface area (Å²) in [7, 11) is 3.32. The summed E-state index contributed by atoms with van der Waals surface area (Å²) in [5.74, 6) is 0.639. The number of benzene rings is 2. The molecule has 4 nitrogen and oxygen atoms in total. The van der Waals surface area contributed by atoms with Gasteiger partial charge in [-0.1, -0.05) is 35.3 Å². The molecule has 0 aromatic heterocycles. The number of rotatable bonds is 6. The highest BCUT2D eigenvalue weighted by Gasteiger charge is 2.13. The summed E-state index contributed by atoms with van der Waals surface area (Å²) in [6.07, 6.45) is 0. The van der Waals surface area contributed by atoms with Gasteiger partial charge in [0, 0.05) is 24.2 Å². The summed E-state index contributed by atoms with van der Waals surface area (Å²) in [6, 6.07) is 12.6. The molecule has 23 heavy (non-hydrogen) atoms. The van der Waals surface area contributed by atoms with Crippen LogP contribution < -0.4 is 10.1 Å². The average Bonchev–Trinajstić information content (AvgIpc) is 2.54. The Bertz CT molecular complexity index is 692. The average molecular weight is 353 g/mol. The lowest BCUT2D eigenvalue weighted by atomic mass is 10.2. The molecule has 2 aromatic carbocycles. The molecule has 0 aliphatic carbocycles. The first-order valence-corrected chi connectivity index (χ1v) is 7.81. The van der Waals surface area contributed by atoms with Gasteiger partial charge >= 0.3 is 0 Å². The maximum Gasteiger partial charge on any atom is 0.241 e.